The number of allylic oxidation sites excluding steroid dienone is 1. The molecule has 5 heteroatoms. The molecule has 1 N–H and O–H groups in total. The average Bonchev–Trinajstić information content (AvgIpc) is 3.69. The summed E-state index contributed by atoms with van der Waals surface area (Å²) in [6.07, 6.45) is 6.41. The van der Waals surface area contributed by atoms with E-state index in [2.05, 4.69) is 34.9 Å². The van der Waals surface area contributed by atoms with Gasteiger partial charge in [0.05, 0.1) is 11.0 Å². The van der Waals surface area contributed by atoms with Crippen LogP contribution in [-0.2, 0) is 0 Å². The maximum absolute atomic E-state index is 13.4. The highest BCUT2D eigenvalue weighted by Gasteiger charge is 2.33. The number of amides is 1. The molecule has 188 valence electrons. The number of fused-ring (bicyclic) bond motifs is 1. The standard InChI is InChI=1S/C32H33N3O2/c1-3-27(23-7-6-8-26(36)20-23)28-14-11-24(19-21(28)2)32(37)34-17-15-22(16-18-34)31-33-29-9-4-5-10-30(29)35(31)25-12-13-25/h3-11,14,19-20,22,25,36H,12-13,15-18H2,1-2H3/b27-3-. The molecule has 1 saturated carbocycles. The molecular formula is C32H33N3O2. The van der Waals surface area contributed by atoms with E-state index in [1.165, 1.54) is 24.2 Å². The first kappa shape index (κ1) is 23.5. The van der Waals surface area contributed by atoms with Gasteiger partial charge in [-0.15, -0.1) is 0 Å². The van der Waals surface area contributed by atoms with Crippen LogP contribution in [0.25, 0.3) is 16.6 Å². The van der Waals surface area contributed by atoms with Crippen molar-refractivity contribution in [2.24, 2.45) is 0 Å². The lowest BCUT2D eigenvalue weighted by Gasteiger charge is -2.32. The van der Waals surface area contributed by atoms with Crippen molar-refractivity contribution < 1.29 is 9.90 Å². The molecule has 0 radical (unpaired) electrons. The third-order valence-corrected chi connectivity index (χ3v) is 7.89. The average molecular weight is 492 g/mol. The molecule has 1 saturated heterocycles. The maximum Gasteiger partial charge on any atom is 0.253 e. The van der Waals surface area contributed by atoms with Gasteiger partial charge in [0, 0.05) is 30.6 Å². The minimum atomic E-state index is 0.100. The van der Waals surface area contributed by atoms with Crippen LogP contribution >= 0.6 is 0 Å². The number of piperidine rings is 1. The highest BCUT2D eigenvalue weighted by molar-refractivity contribution is 5.95. The van der Waals surface area contributed by atoms with Gasteiger partial charge in [0.25, 0.3) is 5.91 Å². The summed E-state index contributed by atoms with van der Waals surface area (Å²) >= 11 is 0. The van der Waals surface area contributed by atoms with E-state index < -0.39 is 0 Å². The third-order valence-electron chi connectivity index (χ3n) is 7.89. The fraction of sp³-hybridized carbons (Fsp3) is 0.312. The van der Waals surface area contributed by atoms with Crippen LogP contribution in [0.3, 0.4) is 0 Å². The van der Waals surface area contributed by atoms with Crippen LogP contribution in [0.2, 0.25) is 0 Å². The van der Waals surface area contributed by atoms with Crippen molar-refractivity contribution in [2.75, 3.05) is 13.1 Å². The minimum Gasteiger partial charge on any atom is -0.508 e. The second-order valence-corrected chi connectivity index (χ2v) is 10.4. The number of likely N-dealkylation sites (tertiary alicyclic amines) is 1. The van der Waals surface area contributed by atoms with Crippen LogP contribution < -0.4 is 0 Å². The fourth-order valence-electron chi connectivity index (χ4n) is 5.84. The topological polar surface area (TPSA) is 58.4 Å². The van der Waals surface area contributed by atoms with Crippen LogP contribution in [-0.4, -0.2) is 38.6 Å². The quantitative estimate of drug-likeness (QED) is 0.332. The van der Waals surface area contributed by atoms with Crippen molar-refractivity contribution in [3.63, 3.8) is 0 Å². The van der Waals surface area contributed by atoms with E-state index in [0.717, 1.165) is 59.3 Å². The van der Waals surface area contributed by atoms with Gasteiger partial charge in [-0.1, -0.05) is 36.4 Å². The van der Waals surface area contributed by atoms with E-state index in [0.29, 0.717) is 12.0 Å². The second-order valence-electron chi connectivity index (χ2n) is 10.4. The molecule has 0 bridgehead atoms. The Hall–Kier alpha value is -3.86. The van der Waals surface area contributed by atoms with Crippen molar-refractivity contribution in [2.45, 2.75) is 51.5 Å². The second kappa shape index (κ2) is 9.55. The number of aryl methyl sites for hydroxylation is 1. The number of nitrogens with zero attached hydrogens (tertiary/aromatic N) is 3. The Bertz CT molecular complexity index is 1500. The number of carbonyl (C=O) groups excluding carboxylic acids is 1. The molecule has 2 fully saturated rings. The third kappa shape index (κ3) is 4.43. The summed E-state index contributed by atoms with van der Waals surface area (Å²) < 4.78 is 2.48. The number of phenols is 1. The highest BCUT2D eigenvalue weighted by Crippen LogP contribution is 2.42. The Morgan fingerprint density at radius 1 is 0.946 bits per heavy atom. The number of benzene rings is 3. The first-order valence-electron chi connectivity index (χ1n) is 13.4. The fourth-order valence-corrected chi connectivity index (χ4v) is 5.84. The summed E-state index contributed by atoms with van der Waals surface area (Å²) in [6.45, 7) is 5.55. The predicted molar refractivity (Wildman–Crippen MR) is 148 cm³/mol. The molecule has 6 rings (SSSR count). The number of imidazole rings is 1. The van der Waals surface area contributed by atoms with Crippen LogP contribution in [0.5, 0.6) is 5.75 Å². The van der Waals surface area contributed by atoms with E-state index in [1.54, 1.807) is 12.1 Å². The van der Waals surface area contributed by atoms with Crippen molar-refractivity contribution in [1.29, 1.82) is 0 Å². The number of aromatic hydroxyl groups is 1. The molecule has 1 aliphatic heterocycles. The zero-order valence-electron chi connectivity index (χ0n) is 21.5. The molecule has 0 atom stereocenters. The van der Waals surface area contributed by atoms with E-state index in [9.17, 15) is 9.90 Å². The summed E-state index contributed by atoms with van der Waals surface area (Å²) in [7, 11) is 0. The van der Waals surface area contributed by atoms with E-state index in [1.807, 2.05) is 49.1 Å². The van der Waals surface area contributed by atoms with Gasteiger partial charge >= 0.3 is 0 Å². The zero-order valence-corrected chi connectivity index (χ0v) is 21.5. The molecule has 4 aromatic rings. The van der Waals surface area contributed by atoms with E-state index in [4.69, 9.17) is 4.98 Å². The molecule has 1 aliphatic carbocycles. The molecule has 0 unspecified atom stereocenters. The Morgan fingerprint density at radius 3 is 2.43 bits per heavy atom. The largest absolute Gasteiger partial charge is 0.508 e. The number of rotatable bonds is 5. The molecule has 0 spiro atoms. The molecule has 2 aliphatic rings. The van der Waals surface area contributed by atoms with Crippen LogP contribution in [0, 0.1) is 6.92 Å². The Balaban J connectivity index is 1.18. The van der Waals surface area contributed by atoms with Gasteiger partial charge in [-0.25, -0.2) is 4.98 Å². The summed E-state index contributed by atoms with van der Waals surface area (Å²) in [5.41, 5.74) is 7.20. The number of carbonyl (C=O) groups is 1. The van der Waals surface area contributed by atoms with Crippen molar-refractivity contribution in [3.8, 4) is 5.75 Å². The van der Waals surface area contributed by atoms with Gasteiger partial charge in [0.1, 0.15) is 11.6 Å². The van der Waals surface area contributed by atoms with Gasteiger partial charge in [-0.3, -0.25) is 4.79 Å². The lowest BCUT2D eigenvalue weighted by molar-refractivity contribution is 0.0710. The molecule has 5 nitrogen and oxygen atoms in total. The number of phenolic OH excluding ortho intramolecular Hbond substituents is 1. The molecule has 3 aromatic carbocycles. The zero-order chi connectivity index (χ0) is 25.5. The van der Waals surface area contributed by atoms with Gasteiger partial charge in [-0.05, 0) is 98.2 Å². The van der Waals surface area contributed by atoms with E-state index >= 15 is 0 Å². The summed E-state index contributed by atoms with van der Waals surface area (Å²) in [5.74, 6) is 1.95. The van der Waals surface area contributed by atoms with Gasteiger partial charge in [0.2, 0.25) is 0 Å². The summed E-state index contributed by atoms with van der Waals surface area (Å²) in [4.78, 5) is 20.5. The Labute approximate surface area is 218 Å². The van der Waals surface area contributed by atoms with Gasteiger partial charge in [-0.2, -0.15) is 0 Å². The lowest BCUT2D eigenvalue weighted by atomic mass is 9.92. The number of hydrogen-bond donors (Lipinski definition) is 1. The summed E-state index contributed by atoms with van der Waals surface area (Å²) in [5, 5.41) is 9.93. The first-order valence-corrected chi connectivity index (χ1v) is 13.4. The monoisotopic (exact) mass is 491 g/mol. The van der Waals surface area contributed by atoms with Gasteiger partial charge < -0.3 is 14.6 Å². The number of para-hydroxylation sites is 2. The van der Waals surface area contributed by atoms with Crippen LogP contribution in [0.1, 0.15) is 77.4 Å². The number of aromatic nitrogens is 2. The number of hydrogen-bond acceptors (Lipinski definition) is 3. The maximum atomic E-state index is 13.4. The highest BCUT2D eigenvalue weighted by atomic mass is 16.3. The van der Waals surface area contributed by atoms with Gasteiger partial charge in [0.15, 0.2) is 0 Å². The van der Waals surface area contributed by atoms with Crippen molar-refractivity contribution in [3.05, 3.63) is 101 Å². The van der Waals surface area contributed by atoms with E-state index in [-0.39, 0.29) is 11.7 Å². The van der Waals surface area contributed by atoms with Crippen molar-refractivity contribution >= 4 is 22.5 Å². The minimum absolute atomic E-state index is 0.100. The molecule has 1 aromatic heterocycles. The van der Waals surface area contributed by atoms with Crippen molar-refractivity contribution in [1.82, 2.24) is 14.5 Å². The predicted octanol–water partition coefficient (Wildman–Crippen LogP) is 6.86. The normalized spacial score (nSPS) is 16.9. The molecule has 37 heavy (non-hydrogen) atoms. The molecular weight excluding hydrogens is 458 g/mol. The molecule has 1 amide bonds. The summed E-state index contributed by atoms with van der Waals surface area (Å²) in [6, 6.07) is 22.3. The van der Waals surface area contributed by atoms with Crippen LogP contribution in [0.15, 0.2) is 72.8 Å². The van der Waals surface area contributed by atoms with Crippen LogP contribution in [0.4, 0.5) is 0 Å². The SMILES string of the molecule is C/C=C(/c1cccc(O)c1)c1ccc(C(=O)N2CCC(c3nc4ccccc4n3C3CC3)CC2)cc1C. The lowest BCUT2D eigenvalue weighted by Crippen LogP contribution is -2.38. The smallest absolute Gasteiger partial charge is 0.253 e. The molecule has 2 heterocycles. The Morgan fingerprint density at radius 2 is 1.73 bits per heavy atom. The Kier molecular flexibility index (Phi) is 6.07. The first-order chi connectivity index (χ1) is 18.0.